The number of anilines is 2. The largest absolute Gasteiger partial charge is 0.399 e. The standard InChI is InChI=1S/C18H21N3O2/c1-12(2)20-18(23)15-5-3-4-6-16(15)21-17(22)11-13-7-9-14(19)10-8-13/h3-10,12H,11,19H2,1-2H3,(H,20,23)(H,21,22). The molecule has 0 spiro atoms. The zero-order valence-electron chi connectivity index (χ0n) is 13.3. The van der Waals surface area contributed by atoms with Crippen molar-refractivity contribution in [3.05, 3.63) is 59.7 Å². The molecule has 0 aliphatic carbocycles. The number of nitrogens with two attached hydrogens (primary N) is 1. The van der Waals surface area contributed by atoms with Crippen LogP contribution < -0.4 is 16.4 Å². The van der Waals surface area contributed by atoms with Crippen LogP contribution in [0.4, 0.5) is 11.4 Å². The van der Waals surface area contributed by atoms with Gasteiger partial charge in [-0.05, 0) is 43.7 Å². The maximum absolute atomic E-state index is 12.2. The smallest absolute Gasteiger partial charge is 0.253 e. The lowest BCUT2D eigenvalue weighted by atomic mass is 10.1. The fourth-order valence-electron chi connectivity index (χ4n) is 2.15. The molecule has 120 valence electrons. The number of para-hydroxylation sites is 1. The van der Waals surface area contributed by atoms with Gasteiger partial charge in [0.25, 0.3) is 5.91 Å². The number of nitrogen functional groups attached to an aromatic ring is 1. The third-order valence-corrected chi connectivity index (χ3v) is 3.21. The summed E-state index contributed by atoms with van der Waals surface area (Å²) in [6.07, 6.45) is 0.223. The average Bonchev–Trinajstić information content (AvgIpc) is 2.49. The van der Waals surface area contributed by atoms with Gasteiger partial charge in [0.1, 0.15) is 0 Å². The van der Waals surface area contributed by atoms with Gasteiger partial charge in [-0.3, -0.25) is 9.59 Å². The number of carbonyl (C=O) groups is 2. The Morgan fingerprint density at radius 3 is 2.35 bits per heavy atom. The average molecular weight is 311 g/mol. The number of carbonyl (C=O) groups excluding carboxylic acids is 2. The molecule has 2 aromatic carbocycles. The van der Waals surface area contributed by atoms with E-state index in [2.05, 4.69) is 10.6 Å². The van der Waals surface area contributed by atoms with Crippen LogP contribution in [-0.4, -0.2) is 17.9 Å². The lowest BCUT2D eigenvalue weighted by Gasteiger charge is -2.13. The van der Waals surface area contributed by atoms with Gasteiger partial charge in [0.15, 0.2) is 0 Å². The van der Waals surface area contributed by atoms with Crippen molar-refractivity contribution in [3.63, 3.8) is 0 Å². The van der Waals surface area contributed by atoms with Gasteiger partial charge in [-0.15, -0.1) is 0 Å². The topological polar surface area (TPSA) is 84.2 Å². The van der Waals surface area contributed by atoms with Crippen molar-refractivity contribution in [1.29, 1.82) is 0 Å². The molecule has 0 aliphatic rings. The van der Waals surface area contributed by atoms with Gasteiger partial charge in [-0.25, -0.2) is 0 Å². The number of benzene rings is 2. The summed E-state index contributed by atoms with van der Waals surface area (Å²) in [6, 6.07) is 14.1. The van der Waals surface area contributed by atoms with Crippen molar-refractivity contribution in [3.8, 4) is 0 Å². The summed E-state index contributed by atoms with van der Waals surface area (Å²) in [5.41, 5.74) is 8.10. The lowest BCUT2D eigenvalue weighted by Crippen LogP contribution is -2.31. The van der Waals surface area contributed by atoms with Crippen LogP contribution in [0.5, 0.6) is 0 Å². The van der Waals surface area contributed by atoms with Crippen LogP contribution >= 0.6 is 0 Å². The first kappa shape index (κ1) is 16.5. The van der Waals surface area contributed by atoms with E-state index < -0.39 is 0 Å². The molecule has 0 unspecified atom stereocenters. The van der Waals surface area contributed by atoms with E-state index in [1.54, 1.807) is 36.4 Å². The molecule has 0 aliphatic heterocycles. The van der Waals surface area contributed by atoms with E-state index >= 15 is 0 Å². The van der Waals surface area contributed by atoms with E-state index in [1.807, 2.05) is 26.0 Å². The monoisotopic (exact) mass is 311 g/mol. The highest BCUT2D eigenvalue weighted by Crippen LogP contribution is 2.16. The van der Waals surface area contributed by atoms with Crippen molar-refractivity contribution < 1.29 is 9.59 Å². The van der Waals surface area contributed by atoms with Crippen LogP contribution in [0.25, 0.3) is 0 Å². The van der Waals surface area contributed by atoms with E-state index in [-0.39, 0.29) is 24.3 Å². The lowest BCUT2D eigenvalue weighted by molar-refractivity contribution is -0.115. The molecular weight excluding hydrogens is 290 g/mol. The Labute approximate surface area is 135 Å². The molecule has 0 saturated heterocycles. The van der Waals surface area contributed by atoms with Crippen molar-refractivity contribution in [2.45, 2.75) is 26.3 Å². The number of nitrogens with one attached hydrogen (secondary N) is 2. The van der Waals surface area contributed by atoms with E-state index in [0.29, 0.717) is 16.9 Å². The fourth-order valence-corrected chi connectivity index (χ4v) is 2.15. The fraction of sp³-hybridized carbons (Fsp3) is 0.222. The maximum atomic E-state index is 12.2. The normalized spacial score (nSPS) is 10.4. The molecule has 2 rings (SSSR count). The first-order chi connectivity index (χ1) is 11.0. The Balaban J connectivity index is 2.08. The third-order valence-electron chi connectivity index (χ3n) is 3.21. The van der Waals surface area contributed by atoms with Crippen molar-refractivity contribution in [2.24, 2.45) is 0 Å². The second-order valence-electron chi connectivity index (χ2n) is 5.64. The Bertz CT molecular complexity index is 694. The molecule has 4 N–H and O–H groups in total. The van der Waals surface area contributed by atoms with E-state index in [9.17, 15) is 9.59 Å². The van der Waals surface area contributed by atoms with Crippen LogP contribution in [0.3, 0.4) is 0 Å². The Morgan fingerprint density at radius 1 is 1.04 bits per heavy atom. The summed E-state index contributed by atoms with van der Waals surface area (Å²) in [4.78, 5) is 24.4. The first-order valence-electron chi connectivity index (χ1n) is 7.50. The van der Waals surface area contributed by atoms with E-state index in [4.69, 9.17) is 5.73 Å². The summed E-state index contributed by atoms with van der Waals surface area (Å²) >= 11 is 0. The molecule has 0 bridgehead atoms. The van der Waals surface area contributed by atoms with Crippen LogP contribution in [0.2, 0.25) is 0 Å². The van der Waals surface area contributed by atoms with Crippen LogP contribution in [0.1, 0.15) is 29.8 Å². The summed E-state index contributed by atoms with van der Waals surface area (Å²) < 4.78 is 0. The Morgan fingerprint density at radius 2 is 1.70 bits per heavy atom. The van der Waals surface area contributed by atoms with Gasteiger partial charge in [0.2, 0.25) is 5.91 Å². The quantitative estimate of drug-likeness (QED) is 0.742. The number of hydrogen-bond donors (Lipinski definition) is 3. The highest BCUT2D eigenvalue weighted by atomic mass is 16.2. The summed E-state index contributed by atoms with van der Waals surface area (Å²) in [5.74, 6) is -0.386. The van der Waals surface area contributed by atoms with Gasteiger partial charge < -0.3 is 16.4 Å². The van der Waals surface area contributed by atoms with E-state index in [1.165, 1.54) is 0 Å². The summed E-state index contributed by atoms with van der Waals surface area (Å²) in [6.45, 7) is 3.78. The number of hydrogen-bond acceptors (Lipinski definition) is 3. The molecule has 0 saturated carbocycles. The highest BCUT2D eigenvalue weighted by Gasteiger charge is 2.13. The van der Waals surface area contributed by atoms with Crippen LogP contribution in [0, 0.1) is 0 Å². The predicted molar refractivity (Wildman–Crippen MR) is 92.2 cm³/mol. The molecule has 5 heteroatoms. The molecule has 0 atom stereocenters. The maximum Gasteiger partial charge on any atom is 0.253 e. The number of amides is 2. The summed E-state index contributed by atoms with van der Waals surface area (Å²) in [5, 5.41) is 5.62. The highest BCUT2D eigenvalue weighted by molar-refractivity contribution is 6.04. The van der Waals surface area contributed by atoms with Crippen molar-refractivity contribution in [1.82, 2.24) is 5.32 Å². The minimum absolute atomic E-state index is 0.0287. The molecular formula is C18H21N3O2. The molecule has 2 amide bonds. The van der Waals surface area contributed by atoms with Crippen molar-refractivity contribution in [2.75, 3.05) is 11.1 Å². The zero-order chi connectivity index (χ0) is 16.8. The molecule has 0 fully saturated rings. The van der Waals surface area contributed by atoms with Crippen LogP contribution in [0.15, 0.2) is 48.5 Å². The second kappa shape index (κ2) is 7.45. The van der Waals surface area contributed by atoms with Gasteiger partial charge in [0.05, 0.1) is 17.7 Å². The van der Waals surface area contributed by atoms with E-state index in [0.717, 1.165) is 5.56 Å². The Hall–Kier alpha value is -2.82. The first-order valence-corrected chi connectivity index (χ1v) is 7.50. The minimum atomic E-state index is -0.205. The number of rotatable bonds is 5. The summed E-state index contributed by atoms with van der Waals surface area (Å²) in [7, 11) is 0. The second-order valence-corrected chi connectivity index (χ2v) is 5.64. The predicted octanol–water partition coefficient (Wildman–Crippen LogP) is 2.59. The van der Waals surface area contributed by atoms with Gasteiger partial charge in [-0.1, -0.05) is 24.3 Å². The van der Waals surface area contributed by atoms with Gasteiger partial charge >= 0.3 is 0 Å². The van der Waals surface area contributed by atoms with Crippen molar-refractivity contribution >= 4 is 23.2 Å². The Kier molecular flexibility index (Phi) is 5.36. The molecule has 0 heterocycles. The molecule has 2 aromatic rings. The van der Waals surface area contributed by atoms with Gasteiger partial charge in [-0.2, -0.15) is 0 Å². The third kappa shape index (κ3) is 4.85. The molecule has 23 heavy (non-hydrogen) atoms. The minimum Gasteiger partial charge on any atom is -0.399 e. The molecule has 5 nitrogen and oxygen atoms in total. The van der Waals surface area contributed by atoms with Gasteiger partial charge in [0, 0.05) is 11.7 Å². The molecule has 0 aromatic heterocycles. The molecule has 0 radical (unpaired) electrons. The zero-order valence-corrected chi connectivity index (χ0v) is 13.3. The van der Waals surface area contributed by atoms with Crippen LogP contribution in [-0.2, 0) is 11.2 Å². The SMILES string of the molecule is CC(C)NC(=O)c1ccccc1NC(=O)Cc1ccc(N)cc1.